The van der Waals surface area contributed by atoms with E-state index in [1.165, 1.54) is 0 Å². The van der Waals surface area contributed by atoms with Gasteiger partial charge in [0.05, 0.1) is 29.6 Å². The summed E-state index contributed by atoms with van der Waals surface area (Å²) in [5.41, 5.74) is 7.53. The maximum absolute atomic E-state index is 8.67. The summed E-state index contributed by atoms with van der Waals surface area (Å²) in [5, 5.41) is 12.1. The lowest BCUT2D eigenvalue weighted by Crippen LogP contribution is -2.03. The Kier molecular flexibility index (Phi) is 3.38. The second-order valence-corrected chi connectivity index (χ2v) is 3.32. The number of benzene rings is 1. The van der Waals surface area contributed by atoms with E-state index in [2.05, 4.69) is 11.9 Å². The SMILES string of the molecule is C=C(Cl)CNc1cc(C#N)ccc1N. The van der Waals surface area contributed by atoms with E-state index in [1.54, 1.807) is 18.2 Å². The molecule has 0 aromatic heterocycles. The van der Waals surface area contributed by atoms with Gasteiger partial charge in [0.2, 0.25) is 0 Å². The van der Waals surface area contributed by atoms with Gasteiger partial charge >= 0.3 is 0 Å². The normalized spacial score (nSPS) is 9.14. The molecule has 0 spiro atoms. The third-order valence-corrected chi connectivity index (χ3v) is 1.79. The Morgan fingerprint density at radius 3 is 2.93 bits per heavy atom. The van der Waals surface area contributed by atoms with Crippen LogP contribution in [0.25, 0.3) is 0 Å². The number of nitrogens with two attached hydrogens (primary N) is 1. The largest absolute Gasteiger partial charge is 0.397 e. The maximum atomic E-state index is 8.67. The van der Waals surface area contributed by atoms with Gasteiger partial charge in [0.15, 0.2) is 0 Å². The fraction of sp³-hybridized carbons (Fsp3) is 0.100. The number of rotatable bonds is 3. The molecule has 3 nitrogen and oxygen atoms in total. The number of nitrogen functional groups attached to an aromatic ring is 1. The molecule has 0 aliphatic rings. The Morgan fingerprint density at radius 2 is 2.36 bits per heavy atom. The first-order valence-corrected chi connectivity index (χ1v) is 4.38. The van der Waals surface area contributed by atoms with Crippen LogP contribution in [0.5, 0.6) is 0 Å². The monoisotopic (exact) mass is 207 g/mol. The topological polar surface area (TPSA) is 61.8 Å². The molecule has 0 aliphatic carbocycles. The first-order chi connectivity index (χ1) is 6.63. The van der Waals surface area contributed by atoms with Crippen molar-refractivity contribution in [3.05, 3.63) is 35.4 Å². The van der Waals surface area contributed by atoms with Gasteiger partial charge in [-0.1, -0.05) is 18.2 Å². The van der Waals surface area contributed by atoms with Crippen molar-refractivity contribution in [2.45, 2.75) is 0 Å². The summed E-state index contributed by atoms with van der Waals surface area (Å²) in [6.07, 6.45) is 0. The Morgan fingerprint density at radius 1 is 1.64 bits per heavy atom. The van der Waals surface area contributed by atoms with Crippen molar-refractivity contribution in [2.24, 2.45) is 0 Å². The highest BCUT2D eigenvalue weighted by atomic mass is 35.5. The van der Waals surface area contributed by atoms with Crippen LogP contribution < -0.4 is 11.1 Å². The molecule has 72 valence electrons. The average Bonchev–Trinajstić information content (AvgIpc) is 2.16. The molecule has 1 rings (SSSR count). The quantitative estimate of drug-likeness (QED) is 0.748. The van der Waals surface area contributed by atoms with Gasteiger partial charge in [0.25, 0.3) is 0 Å². The number of nitrogens with zero attached hydrogens (tertiary/aromatic N) is 1. The highest BCUT2D eigenvalue weighted by Gasteiger charge is 2.00. The summed E-state index contributed by atoms with van der Waals surface area (Å²) in [6, 6.07) is 7.05. The van der Waals surface area contributed by atoms with Crippen LogP contribution in [0.2, 0.25) is 0 Å². The fourth-order valence-corrected chi connectivity index (χ4v) is 1.04. The Labute approximate surface area is 87.8 Å². The average molecular weight is 208 g/mol. The number of hydrogen-bond donors (Lipinski definition) is 2. The second kappa shape index (κ2) is 4.54. The van der Waals surface area contributed by atoms with E-state index in [0.717, 1.165) is 0 Å². The molecule has 0 aliphatic heterocycles. The van der Waals surface area contributed by atoms with E-state index in [9.17, 15) is 0 Å². The van der Waals surface area contributed by atoms with Crippen molar-refractivity contribution in [2.75, 3.05) is 17.6 Å². The molecular weight excluding hydrogens is 198 g/mol. The van der Waals surface area contributed by atoms with Crippen molar-refractivity contribution in [3.63, 3.8) is 0 Å². The van der Waals surface area contributed by atoms with Crippen LogP contribution in [0.4, 0.5) is 11.4 Å². The summed E-state index contributed by atoms with van der Waals surface area (Å²) in [5.74, 6) is 0. The highest BCUT2D eigenvalue weighted by Crippen LogP contribution is 2.19. The smallest absolute Gasteiger partial charge is 0.0992 e. The van der Waals surface area contributed by atoms with E-state index in [0.29, 0.717) is 28.5 Å². The van der Waals surface area contributed by atoms with Gasteiger partial charge in [-0.15, -0.1) is 0 Å². The third kappa shape index (κ3) is 2.68. The Hall–Kier alpha value is -1.66. The molecular formula is C10H10ClN3. The second-order valence-electron chi connectivity index (χ2n) is 2.78. The van der Waals surface area contributed by atoms with E-state index >= 15 is 0 Å². The van der Waals surface area contributed by atoms with Crippen LogP contribution in [0.3, 0.4) is 0 Å². The molecule has 0 radical (unpaired) electrons. The number of halogens is 1. The zero-order valence-electron chi connectivity index (χ0n) is 7.55. The molecule has 0 atom stereocenters. The van der Waals surface area contributed by atoms with Crippen LogP contribution >= 0.6 is 11.6 Å². The molecule has 3 N–H and O–H groups in total. The van der Waals surface area contributed by atoms with Crippen LogP contribution in [0.1, 0.15) is 5.56 Å². The van der Waals surface area contributed by atoms with E-state index in [4.69, 9.17) is 22.6 Å². The lowest BCUT2D eigenvalue weighted by Gasteiger charge is -2.08. The predicted octanol–water partition coefficient (Wildman–Crippen LogP) is 2.30. The Bertz CT molecular complexity index is 393. The van der Waals surface area contributed by atoms with Gasteiger partial charge in [-0.2, -0.15) is 5.26 Å². The molecule has 0 amide bonds. The van der Waals surface area contributed by atoms with Crippen LogP contribution in [-0.4, -0.2) is 6.54 Å². The molecule has 4 heteroatoms. The summed E-state index contributed by atoms with van der Waals surface area (Å²) >= 11 is 5.59. The van der Waals surface area contributed by atoms with Gasteiger partial charge in [0.1, 0.15) is 0 Å². The van der Waals surface area contributed by atoms with Gasteiger partial charge in [-0.3, -0.25) is 0 Å². The standard InChI is InChI=1S/C10H10ClN3/c1-7(11)6-14-10-4-8(5-12)2-3-9(10)13/h2-4,14H,1,6,13H2. The summed E-state index contributed by atoms with van der Waals surface area (Å²) in [4.78, 5) is 0. The summed E-state index contributed by atoms with van der Waals surface area (Å²) in [6.45, 7) is 3.97. The first-order valence-electron chi connectivity index (χ1n) is 4.00. The lowest BCUT2D eigenvalue weighted by molar-refractivity contribution is 1.31. The van der Waals surface area contributed by atoms with Crippen molar-refractivity contribution in [3.8, 4) is 6.07 Å². The zero-order valence-corrected chi connectivity index (χ0v) is 8.30. The molecule has 0 saturated heterocycles. The third-order valence-electron chi connectivity index (χ3n) is 1.65. The molecule has 0 fully saturated rings. The van der Waals surface area contributed by atoms with Gasteiger partial charge in [-0.25, -0.2) is 0 Å². The highest BCUT2D eigenvalue weighted by molar-refractivity contribution is 6.29. The first kappa shape index (κ1) is 10.4. The number of anilines is 2. The van der Waals surface area contributed by atoms with Crippen LogP contribution in [0, 0.1) is 11.3 Å². The Balaban J connectivity index is 2.85. The summed E-state index contributed by atoms with van der Waals surface area (Å²) in [7, 11) is 0. The molecule has 1 aromatic rings. The van der Waals surface area contributed by atoms with Crippen LogP contribution in [0.15, 0.2) is 29.8 Å². The molecule has 14 heavy (non-hydrogen) atoms. The molecule has 0 unspecified atom stereocenters. The van der Waals surface area contributed by atoms with Gasteiger partial charge < -0.3 is 11.1 Å². The zero-order chi connectivity index (χ0) is 10.6. The minimum Gasteiger partial charge on any atom is -0.397 e. The molecule has 1 aromatic carbocycles. The van der Waals surface area contributed by atoms with Gasteiger partial charge in [0, 0.05) is 5.03 Å². The predicted molar refractivity (Wildman–Crippen MR) is 59.1 cm³/mol. The minimum absolute atomic E-state index is 0.431. The lowest BCUT2D eigenvalue weighted by atomic mass is 10.2. The van der Waals surface area contributed by atoms with Crippen molar-refractivity contribution in [1.82, 2.24) is 0 Å². The molecule has 0 saturated carbocycles. The minimum atomic E-state index is 0.431. The number of nitrogens with one attached hydrogen (secondary N) is 1. The van der Waals surface area contributed by atoms with Crippen molar-refractivity contribution < 1.29 is 0 Å². The van der Waals surface area contributed by atoms with Crippen LogP contribution in [-0.2, 0) is 0 Å². The van der Waals surface area contributed by atoms with Crippen molar-refractivity contribution in [1.29, 1.82) is 5.26 Å². The van der Waals surface area contributed by atoms with E-state index in [1.807, 2.05) is 6.07 Å². The van der Waals surface area contributed by atoms with Gasteiger partial charge in [-0.05, 0) is 18.2 Å². The maximum Gasteiger partial charge on any atom is 0.0992 e. The van der Waals surface area contributed by atoms with E-state index < -0.39 is 0 Å². The summed E-state index contributed by atoms with van der Waals surface area (Å²) < 4.78 is 0. The number of nitriles is 1. The fourth-order valence-electron chi connectivity index (χ4n) is 0.970. The van der Waals surface area contributed by atoms with E-state index in [-0.39, 0.29) is 0 Å². The number of hydrogen-bond acceptors (Lipinski definition) is 3. The molecule has 0 heterocycles. The molecule has 0 bridgehead atoms. The van der Waals surface area contributed by atoms with Crippen molar-refractivity contribution >= 4 is 23.0 Å².